The van der Waals surface area contributed by atoms with E-state index in [4.69, 9.17) is 4.74 Å². The van der Waals surface area contributed by atoms with Crippen molar-refractivity contribution in [2.24, 2.45) is 0 Å². The van der Waals surface area contributed by atoms with Crippen molar-refractivity contribution < 1.29 is 17.9 Å². The molecular formula is C17H24N2O4S. The summed E-state index contributed by atoms with van der Waals surface area (Å²) in [5, 5.41) is 0. The van der Waals surface area contributed by atoms with Crippen LogP contribution in [-0.2, 0) is 14.6 Å². The minimum Gasteiger partial charge on any atom is -0.497 e. The number of nitrogens with zero attached hydrogens (tertiary/aromatic N) is 2. The Morgan fingerprint density at radius 2 is 1.83 bits per heavy atom. The molecule has 2 saturated heterocycles. The summed E-state index contributed by atoms with van der Waals surface area (Å²) in [6.07, 6.45) is 0.888. The van der Waals surface area contributed by atoms with Crippen LogP contribution >= 0.6 is 0 Å². The van der Waals surface area contributed by atoms with Crippen molar-refractivity contribution in [2.75, 3.05) is 30.1 Å². The summed E-state index contributed by atoms with van der Waals surface area (Å²) in [6, 6.07) is 6.95. The van der Waals surface area contributed by atoms with Crippen LogP contribution in [0.2, 0.25) is 0 Å². The quantitative estimate of drug-likeness (QED) is 0.817. The standard InChI is InChI=1S/C17H24N2O4S/c1-4-12(2)18-9-17(20)19(13-5-7-14(23-3)8-6-13)16-11-24(21,22)10-15(16)18/h5-8,12,15-16H,4,9-11H2,1-3H3/t12?,15-,16+/m0/s1. The van der Waals surface area contributed by atoms with E-state index >= 15 is 0 Å². The fraction of sp³-hybridized carbons (Fsp3) is 0.588. The Hall–Kier alpha value is -1.60. The van der Waals surface area contributed by atoms with Crippen LogP contribution < -0.4 is 9.64 Å². The van der Waals surface area contributed by atoms with Crippen molar-refractivity contribution in [1.82, 2.24) is 4.90 Å². The molecule has 2 heterocycles. The smallest absolute Gasteiger partial charge is 0.241 e. The average molecular weight is 352 g/mol. The van der Waals surface area contributed by atoms with E-state index in [0.717, 1.165) is 12.1 Å². The Morgan fingerprint density at radius 3 is 2.42 bits per heavy atom. The Balaban J connectivity index is 1.97. The first-order valence-electron chi connectivity index (χ1n) is 8.28. The number of methoxy groups -OCH3 is 1. The van der Waals surface area contributed by atoms with Gasteiger partial charge in [-0.05, 0) is 37.6 Å². The molecule has 2 aliphatic heterocycles. The maximum absolute atomic E-state index is 12.8. The minimum atomic E-state index is -3.14. The van der Waals surface area contributed by atoms with E-state index in [2.05, 4.69) is 18.7 Å². The Bertz CT molecular complexity index is 717. The van der Waals surface area contributed by atoms with E-state index in [-0.39, 0.29) is 42.1 Å². The third-order valence-electron chi connectivity index (χ3n) is 5.15. The van der Waals surface area contributed by atoms with Gasteiger partial charge in [0.05, 0.1) is 31.2 Å². The molecule has 3 atom stereocenters. The monoisotopic (exact) mass is 352 g/mol. The molecule has 1 amide bonds. The molecule has 0 saturated carbocycles. The van der Waals surface area contributed by atoms with E-state index in [9.17, 15) is 13.2 Å². The van der Waals surface area contributed by atoms with Gasteiger partial charge in [0.1, 0.15) is 5.75 Å². The van der Waals surface area contributed by atoms with Gasteiger partial charge in [-0.1, -0.05) is 6.92 Å². The van der Waals surface area contributed by atoms with Gasteiger partial charge in [0.25, 0.3) is 0 Å². The largest absolute Gasteiger partial charge is 0.497 e. The number of hydrogen-bond donors (Lipinski definition) is 0. The number of sulfone groups is 1. The lowest BCUT2D eigenvalue weighted by Gasteiger charge is -2.45. The predicted octanol–water partition coefficient (Wildman–Crippen LogP) is 1.31. The minimum absolute atomic E-state index is 0.0301. The highest BCUT2D eigenvalue weighted by Gasteiger charge is 2.50. The number of benzene rings is 1. The first-order valence-corrected chi connectivity index (χ1v) is 10.1. The predicted molar refractivity (Wildman–Crippen MR) is 93.2 cm³/mol. The Morgan fingerprint density at radius 1 is 1.21 bits per heavy atom. The summed E-state index contributed by atoms with van der Waals surface area (Å²) in [6.45, 7) is 4.37. The molecule has 6 nitrogen and oxygen atoms in total. The molecule has 1 unspecified atom stereocenters. The molecule has 24 heavy (non-hydrogen) atoms. The van der Waals surface area contributed by atoms with Crippen molar-refractivity contribution in [3.63, 3.8) is 0 Å². The lowest BCUT2D eigenvalue weighted by atomic mass is 10.00. The topological polar surface area (TPSA) is 66.9 Å². The molecule has 3 rings (SSSR count). The summed E-state index contributed by atoms with van der Waals surface area (Å²) in [5.74, 6) is 0.823. The number of carbonyl (C=O) groups is 1. The second kappa shape index (κ2) is 6.37. The molecule has 1 aromatic carbocycles. The molecule has 0 radical (unpaired) electrons. The van der Waals surface area contributed by atoms with Gasteiger partial charge in [-0.15, -0.1) is 0 Å². The van der Waals surface area contributed by atoms with E-state index in [1.165, 1.54) is 0 Å². The molecule has 0 spiro atoms. The van der Waals surface area contributed by atoms with Crippen molar-refractivity contribution in [3.05, 3.63) is 24.3 Å². The van der Waals surface area contributed by atoms with Gasteiger partial charge in [0, 0.05) is 17.8 Å². The molecule has 2 aliphatic rings. The van der Waals surface area contributed by atoms with E-state index in [1.807, 2.05) is 12.1 Å². The molecule has 0 N–H and O–H groups in total. The zero-order chi connectivity index (χ0) is 17.5. The Labute approximate surface area is 143 Å². The Kier molecular flexibility index (Phi) is 4.57. The number of anilines is 1. The van der Waals surface area contributed by atoms with Gasteiger partial charge < -0.3 is 9.64 Å². The molecule has 132 valence electrons. The molecule has 0 bridgehead atoms. The number of amides is 1. The van der Waals surface area contributed by atoms with Crippen molar-refractivity contribution in [2.45, 2.75) is 38.4 Å². The lowest BCUT2D eigenvalue weighted by molar-refractivity contribution is -0.124. The SMILES string of the molecule is CCC(C)N1CC(=O)N(c2ccc(OC)cc2)[C@@H]2CS(=O)(=O)C[C@@H]21. The molecule has 0 aromatic heterocycles. The van der Waals surface area contributed by atoms with Crippen LogP contribution in [-0.4, -0.2) is 62.5 Å². The van der Waals surface area contributed by atoms with Crippen LogP contribution in [0.4, 0.5) is 5.69 Å². The van der Waals surface area contributed by atoms with Crippen molar-refractivity contribution in [3.8, 4) is 5.75 Å². The average Bonchev–Trinajstić information content (AvgIpc) is 2.88. The van der Waals surface area contributed by atoms with Crippen molar-refractivity contribution in [1.29, 1.82) is 0 Å². The fourth-order valence-corrected chi connectivity index (χ4v) is 5.67. The van der Waals surface area contributed by atoms with Crippen LogP contribution in [0.15, 0.2) is 24.3 Å². The second-order valence-corrected chi connectivity index (χ2v) is 8.76. The highest BCUT2D eigenvalue weighted by Crippen LogP contribution is 2.33. The summed E-state index contributed by atoms with van der Waals surface area (Å²) in [4.78, 5) is 16.5. The maximum atomic E-state index is 12.8. The summed E-state index contributed by atoms with van der Waals surface area (Å²) < 4.78 is 29.7. The van der Waals surface area contributed by atoms with E-state index in [0.29, 0.717) is 5.75 Å². The first kappa shape index (κ1) is 17.2. The highest BCUT2D eigenvalue weighted by atomic mass is 32.2. The van der Waals surface area contributed by atoms with Gasteiger partial charge in [-0.2, -0.15) is 0 Å². The van der Waals surface area contributed by atoms with Crippen molar-refractivity contribution >= 4 is 21.4 Å². The van der Waals surface area contributed by atoms with Crippen LogP contribution in [0.5, 0.6) is 5.75 Å². The number of ether oxygens (including phenoxy) is 1. The van der Waals surface area contributed by atoms with E-state index < -0.39 is 9.84 Å². The molecule has 1 aromatic rings. The van der Waals surface area contributed by atoms with E-state index in [1.54, 1.807) is 24.1 Å². The summed E-state index contributed by atoms with van der Waals surface area (Å²) >= 11 is 0. The lowest BCUT2D eigenvalue weighted by Crippen LogP contribution is -2.63. The summed E-state index contributed by atoms with van der Waals surface area (Å²) in [5.41, 5.74) is 0.733. The number of carbonyl (C=O) groups excluding carboxylic acids is 1. The van der Waals surface area contributed by atoms with Gasteiger partial charge in [-0.25, -0.2) is 8.42 Å². The molecule has 0 aliphatic carbocycles. The zero-order valence-corrected chi connectivity index (χ0v) is 15.1. The third-order valence-corrected chi connectivity index (χ3v) is 6.84. The normalized spacial score (nSPS) is 27.8. The van der Waals surface area contributed by atoms with Crippen LogP contribution in [0, 0.1) is 0 Å². The van der Waals surface area contributed by atoms with Gasteiger partial charge in [-0.3, -0.25) is 9.69 Å². The summed E-state index contributed by atoms with van der Waals surface area (Å²) in [7, 11) is -1.55. The fourth-order valence-electron chi connectivity index (χ4n) is 3.70. The number of fused-ring (bicyclic) bond motifs is 1. The third kappa shape index (κ3) is 3.02. The number of rotatable bonds is 4. The maximum Gasteiger partial charge on any atom is 0.241 e. The zero-order valence-electron chi connectivity index (χ0n) is 14.3. The van der Waals surface area contributed by atoms with Gasteiger partial charge in [0.2, 0.25) is 5.91 Å². The molecule has 7 heteroatoms. The van der Waals surface area contributed by atoms with Gasteiger partial charge in [0.15, 0.2) is 9.84 Å². The number of piperazine rings is 1. The molecule has 2 fully saturated rings. The number of hydrogen-bond acceptors (Lipinski definition) is 5. The second-order valence-electron chi connectivity index (χ2n) is 6.60. The molecular weight excluding hydrogens is 328 g/mol. The van der Waals surface area contributed by atoms with Crippen LogP contribution in [0.3, 0.4) is 0 Å². The highest BCUT2D eigenvalue weighted by molar-refractivity contribution is 7.91. The van der Waals surface area contributed by atoms with Gasteiger partial charge >= 0.3 is 0 Å². The van der Waals surface area contributed by atoms with Crippen LogP contribution in [0.1, 0.15) is 20.3 Å². The van der Waals surface area contributed by atoms with Crippen LogP contribution in [0.25, 0.3) is 0 Å². The first-order chi connectivity index (χ1) is 11.4.